The maximum atomic E-state index is 11.2. The fourth-order valence-corrected chi connectivity index (χ4v) is 3.90. The number of carbonyl (C=O) groups is 1. The fraction of sp³-hybridized carbons (Fsp3) is 0.429. The van der Waals surface area contributed by atoms with Crippen molar-refractivity contribution in [3.63, 3.8) is 0 Å². The lowest BCUT2D eigenvalue weighted by atomic mass is 9.95. The Morgan fingerprint density at radius 2 is 2.10 bits per heavy atom. The van der Waals surface area contributed by atoms with Crippen LogP contribution in [0.1, 0.15) is 26.7 Å². The quantitative estimate of drug-likeness (QED) is 0.592. The summed E-state index contributed by atoms with van der Waals surface area (Å²) in [5, 5.41) is 20.5. The van der Waals surface area contributed by atoms with E-state index in [0.717, 1.165) is 42.9 Å². The van der Waals surface area contributed by atoms with Crippen LogP contribution in [0.4, 0.5) is 5.82 Å². The van der Waals surface area contributed by atoms with Crippen LogP contribution in [0.2, 0.25) is 0 Å². The number of anilines is 1. The normalized spacial score (nSPS) is 15.5. The second-order valence-corrected chi connectivity index (χ2v) is 8.89. The molecule has 2 N–H and O–H groups in total. The number of H-pyrrole nitrogens is 1. The van der Waals surface area contributed by atoms with Gasteiger partial charge in [-0.3, -0.25) is 9.89 Å². The third-order valence-electron chi connectivity index (χ3n) is 5.31. The molecule has 9 heteroatoms. The molecule has 1 fully saturated rings. The molecule has 1 aliphatic rings. The number of nitrogens with one attached hydrogen (secondary N) is 1. The largest absolute Gasteiger partial charge is 0.481 e. The van der Waals surface area contributed by atoms with Gasteiger partial charge in [-0.25, -0.2) is 9.97 Å². The highest BCUT2D eigenvalue weighted by Crippen LogP contribution is 2.25. The van der Waals surface area contributed by atoms with Gasteiger partial charge >= 0.3 is 5.97 Å². The van der Waals surface area contributed by atoms with Crippen molar-refractivity contribution >= 4 is 23.1 Å². The molecule has 0 aromatic carbocycles. The lowest BCUT2D eigenvalue weighted by Gasteiger charge is -2.34. The number of aromatic amines is 1. The molecular weight excluding hydrogens is 402 g/mol. The number of hydrogen-bond acceptors (Lipinski definition) is 7. The second-order valence-electron chi connectivity index (χ2n) is 8.11. The lowest BCUT2D eigenvalue weighted by Crippen LogP contribution is -2.39. The molecule has 0 aliphatic carbocycles. The van der Waals surface area contributed by atoms with E-state index in [2.05, 4.69) is 25.1 Å². The predicted molar refractivity (Wildman–Crippen MR) is 116 cm³/mol. The second kappa shape index (κ2) is 8.53. The number of aliphatic carboxylic acids is 1. The number of rotatable bonds is 7. The van der Waals surface area contributed by atoms with E-state index in [0.29, 0.717) is 11.6 Å². The number of hydrogen-bond donors (Lipinski definition) is 2. The van der Waals surface area contributed by atoms with Gasteiger partial charge in [0.05, 0.1) is 18.1 Å². The first-order valence-electron chi connectivity index (χ1n) is 9.94. The van der Waals surface area contributed by atoms with E-state index in [1.807, 2.05) is 35.2 Å². The maximum absolute atomic E-state index is 11.2. The number of carboxylic acid groups (broad SMARTS) is 1. The Labute approximate surface area is 178 Å². The molecule has 0 unspecified atom stereocenters. The van der Waals surface area contributed by atoms with Crippen LogP contribution >= 0.6 is 11.3 Å². The van der Waals surface area contributed by atoms with Gasteiger partial charge in [0.1, 0.15) is 5.82 Å². The summed E-state index contributed by atoms with van der Waals surface area (Å²) in [6, 6.07) is 5.99. The predicted octanol–water partition coefficient (Wildman–Crippen LogP) is 3.69. The van der Waals surface area contributed by atoms with Gasteiger partial charge in [0.15, 0.2) is 11.6 Å². The Morgan fingerprint density at radius 3 is 2.73 bits per heavy atom. The topological polar surface area (TPSA) is 104 Å². The molecule has 4 rings (SSSR count). The summed E-state index contributed by atoms with van der Waals surface area (Å²) in [5.41, 5.74) is 1.03. The average molecular weight is 428 g/mol. The molecule has 0 amide bonds. The molecule has 0 saturated carbocycles. The highest BCUT2D eigenvalue weighted by Gasteiger charge is 2.30. The van der Waals surface area contributed by atoms with E-state index in [-0.39, 0.29) is 12.7 Å². The molecular formula is C21H25N5O3S. The van der Waals surface area contributed by atoms with E-state index in [9.17, 15) is 9.90 Å². The highest BCUT2D eigenvalue weighted by molar-refractivity contribution is 7.08. The first-order valence-corrected chi connectivity index (χ1v) is 10.9. The van der Waals surface area contributed by atoms with Crippen molar-refractivity contribution in [2.24, 2.45) is 5.41 Å². The number of pyridine rings is 1. The minimum atomic E-state index is -0.863. The van der Waals surface area contributed by atoms with Crippen molar-refractivity contribution in [1.29, 1.82) is 0 Å². The monoisotopic (exact) mass is 427 g/mol. The molecule has 0 radical (unpaired) electrons. The Bertz CT molecular complexity index is 977. The Balaban J connectivity index is 1.33. The number of thiophene rings is 1. The van der Waals surface area contributed by atoms with Crippen LogP contribution in [0.15, 0.2) is 35.2 Å². The minimum absolute atomic E-state index is 0.0869. The van der Waals surface area contributed by atoms with Crippen molar-refractivity contribution in [1.82, 2.24) is 20.2 Å². The molecule has 8 nitrogen and oxygen atoms in total. The summed E-state index contributed by atoms with van der Waals surface area (Å²) in [4.78, 5) is 22.6. The summed E-state index contributed by atoms with van der Waals surface area (Å²) >= 11 is 1.62. The van der Waals surface area contributed by atoms with Gasteiger partial charge in [0.2, 0.25) is 0 Å². The number of piperidine rings is 1. The number of nitrogens with zero attached hydrogens (tertiary/aromatic N) is 4. The molecule has 158 valence electrons. The zero-order chi connectivity index (χ0) is 21.1. The van der Waals surface area contributed by atoms with Gasteiger partial charge in [-0.15, -0.1) is 0 Å². The fourth-order valence-electron chi connectivity index (χ4n) is 3.26. The van der Waals surface area contributed by atoms with Crippen LogP contribution in [-0.4, -0.2) is 57.0 Å². The number of aromatic nitrogens is 4. The molecule has 30 heavy (non-hydrogen) atoms. The van der Waals surface area contributed by atoms with Gasteiger partial charge in [0.25, 0.3) is 0 Å². The van der Waals surface area contributed by atoms with Crippen LogP contribution < -0.4 is 4.90 Å². The SMILES string of the molecule is CC(C)(COC1CCN(c2ccc(-c3nc(-c4ccsc4)n[nH]3)cn2)CC1)C(=O)O. The summed E-state index contributed by atoms with van der Waals surface area (Å²) in [7, 11) is 0. The van der Waals surface area contributed by atoms with Crippen molar-refractivity contribution in [2.45, 2.75) is 32.8 Å². The maximum Gasteiger partial charge on any atom is 0.311 e. The van der Waals surface area contributed by atoms with Gasteiger partial charge in [-0.05, 0) is 50.3 Å². The van der Waals surface area contributed by atoms with E-state index >= 15 is 0 Å². The third-order valence-corrected chi connectivity index (χ3v) is 5.99. The van der Waals surface area contributed by atoms with Gasteiger partial charge in [-0.1, -0.05) is 0 Å². The first-order chi connectivity index (χ1) is 14.4. The summed E-state index contributed by atoms with van der Waals surface area (Å²) < 4.78 is 5.86. The standard InChI is InChI=1S/C21H25N5O3S/c1-21(2,20(27)28)13-29-16-5-8-26(9-6-16)17-4-3-14(11-22-17)18-23-19(25-24-18)15-7-10-30-12-15/h3-4,7,10-12,16H,5-6,8-9,13H2,1-2H3,(H,27,28)(H,23,24,25). The average Bonchev–Trinajstić information content (AvgIpc) is 3.45. The minimum Gasteiger partial charge on any atom is -0.481 e. The smallest absolute Gasteiger partial charge is 0.311 e. The molecule has 4 heterocycles. The van der Waals surface area contributed by atoms with Gasteiger partial charge in [0, 0.05) is 35.8 Å². The highest BCUT2D eigenvalue weighted by atomic mass is 32.1. The zero-order valence-corrected chi connectivity index (χ0v) is 17.9. The molecule has 3 aromatic heterocycles. The number of carboxylic acids is 1. The molecule has 1 saturated heterocycles. The van der Waals surface area contributed by atoms with E-state index < -0.39 is 11.4 Å². The third kappa shape index (κ3) is 4.52. The molecule has 0 atom stereocenters. The molecule has 0 bridgehead atoms. The lowest BCUT2D eigenvalue weighted by molar-refractivity contribution is -0.152. The van der Waals surface area contributed by atoms with Crippen molar-refractivity contribution < 1.29 is 14.6 Å². The molecule has 3 aromatic rings. The Kier molecular flexibility index (Phi) is 5.83. The zero-order valence-electron chi connectivity index (χ0n) is 17.0. The van der Waals surface area contributed by atoms with Crippen LogP contribution in [0.25, 0.3) is 22.8 Å². The molecule has 1 aliphatic heterocycles. The summed E-state index contributed by atoms with van der Waals surface area (Å²) in [6.45, 7) is 5.26. The summed E-state index contributed by atoms with van der Waals surface area (Å²) in [6.07, 6.45) is 3.60. The van der Waals surface area contributed by atoms with E-state index in [1.165, 1.54) is 0 Å². The van der Waals surface area contributed by atoms with Crippen molar-refractivity contribution in [3.05, 3.63) is 35.2 Å². The van der Waals surface area contributed by atoms with Crippen LogP contribution in [0.5, 0.6) is 0 Å². The van der Waals surface area contributed by atoms with Crippen molar-refractivity contribution in [2.75, 3.05) is 24.6 Å². The summed E-state index contributed by atoms with van der Waals surface area (Å²) in [5.74, 6) is 1.46. The van der Waals surface area contributed by atoms with E-state index in [4.69, 9.17) is 4.74 Å². The van der Waals surface area contributed by atoms with Crippen LogP contribution in [0.3, 0.4) is 0 Å². The van der Waals surface area contributed by atoms with Gasteiger partial charge < -0.3 is 14.7 Å². The Morgan fingerprint density at radius 1 is 1.30 bits per heavy atom. The number of ether oxygens (including phenoxy) is 1. The van der Waals surface area contributed by atoms with E-state index in [1.54, 1.807) is 25.2 Å². The van der Waals surface area contributed by atoms with Gasteiger partial charge in [-0.2, -0.15) is 16.4 Å². The van der Waals surface area contributed by atoms with Crippen LogP contribution in [0, 0.1) is 5.41 Å². The first kappa shape index (κ1) is 20.5. The van der Waals surface area contributed by atoms with Crippen molar-refractivity contribution in [3.8, 4) is 22.8 Å². The Hall–Kier alpha value is -2.78. The van der Waals surface area contributed by atoms with Crippen LogP contribution in [-0.2, 0) is 9.53 Å². The molecule has 0 spiro atoms.